The Hall–Kier alpha value is -5.33. The zero-order valence-electron chi connectivity index (χ0n) is 24.5. The highest BCUT2D eigenvalue weighted by atomic mass is 19.1. The topological polar surface area (TPSA) is 123 Å². The second-order valence-electron chi connectivity index (χ2n) is 11.0. The molecule has 0 spiro atoms. The van der Waals surface area contributed by atoms with Crippen molar-refractivity contribution in [1.29, 1.82) is 0 Å². The normalized spacial score (nSPS) is 17.7. The van der Waals surface area contributed by atoms with E-state index in [0.717, 1.165) is 18.4 Å². The zero-order chi connectivity index (χ0) is 30.5. The molecule has 44 heavy (non-hydrogen) atoms. The molecule has 0 radical (unpaired) electrons. The van der Waals surface area contributed by atoms with E-state index in [0.29, 0.717) is 69.9 Å². The lowest BCUT2D eigenvalue weighted by Crippen LogP contribution is -2.55. The Kier molecular flexibility index (Phi) is 6.71. The number of aromatic nitrogens is 6. The summed E-state index contributed by atoms with van der Waals surface area (Å²) in [5.74, 6) is 1.91. The number of fused-ring (bicyclic) bond motifs is 4. The fourth-order valence-corrected chi connectivity index (χ4v) is 6.19. The first kappa shape index (κ1) is 27.5. The summed E-state index contributed by atoms with van der Waals surface area (Å²) < 4.78 is 28.2. The highest BCUT2D eigenvalue weighted by molar-refractivity contribution is 5.89. The first-order valence-corrected chi connectivity index (χ1v) is 14.2. The molecule has 12 nitrogen and oxygen atoms in total. The van der Waals surface area contributed by atoms with Gasteiger partial charge in [-0.05, 0) is 37.5 Å². The summed E-state index contributed by atoms with van der Waals surface area (Å²) >= 11 is 0. The molecule has 5 aromatic rings. The van der Waals surface area contributed by atoms with E-state index >= 15 is 0 Å². The number of methoxy groups -OCH3 is 1. The first-order chi connectivity index (χ1) is 21.3. The smallest absolute Gasteiger partial charge is 0.246 e. The van der Waals surface area contributed by atoms with E-state index < -0.39 is 5.82 Å². The molecule has 2 fully saturated rings. The molecule has 5 heterocycles. The molecule has 2 bridgehead atoms. The van der Waals surface area contributed by atoms with Crippen molar-refractivity contribution in [3.63, 3.8) is 0 Å². The van der Waals surface area contributed by atoms with Crippen molar-refractivity contribution >= 4 is 45.4 Å². The molecule has 3 aromatic heterocycles. The van der Waals surface area contributed by atoms with Crippen molar-refractivity contribution in [2.45, 2.75) is 31.8 Å². The van der Waals surface area contributed by atoms with Gasteiger partial charge in [0.2, 0.25) is 11.9 Å². The summed E-state index contributed by atoms with van der Waals surface area (Å²) in [5.41, 5.74) is 3.46. The van der Waals surface area contributed by atoms with E-state index in [1.807, 2.05) is 17.9 Å². The number of rotatable bonds is 7. The van der Waals surface area contributed by atoms with Gasteiger partial charge in [-0.25, -0.2) is 29.3 Å². The maximum absolute atomic E-state index is 14.8. The average molecular weight is 596 g/mol. The molecule has 7 rings (SSSR count). The number of hydrogen-bond donors (Lipinski definition) is 1. The van der Waals surface area contributed by atoms with Gasteiger partial charge in [-0.2, -0.15) is 0 Å². The van der Waals surface area contributed by atoms with Gasteiger partial charge in [0, 0.05) is 38.3 Å². The first-order valence-electron chi connectivity index (χ1n) is 14.2. The molecule has 2 aliphatic rings. The monoisotopic (exact) mass is 595 g/mol. The van der Waals surface area contributed by atoms with Crippen molar-refractivity contribution in [3.05, 3.63) is 67.2 Å². The maximum Gasteiger partial charge on any atom is 0.246 e. The Morgan fingerprint density at radius 3 is 2.61 bits per heavy atom. The SMILES string of the molecule is C=CC(=O)N1C2CCC1CN(c1ncc3ncnc(Nc4cc(C)c(Oc5cc(F)c6c(c5)ncn6C)cc4OC)c3n1)C2. The molecule has 0 saturated carbocycles. The second-order valence-corrected chi connectivity index (χ2v) is 11.0. The Morgan fingerprint density at radius 1 is 1.07 bits per heavy atom. The number of ether oxygens (including phenoxy) is 2. The number of anilines is 3. The van der Waals surface area contributed by atoms with Crippen LogP contribution in [0.5, 0.6) is 17.2 Å². The van der Waals surface area contributed by atoms with Crippen LogP contribution in [0.1, 0.15) is 18.4 Å². The lowest BCUT2D eigenvalue weighted by atomic mass is 10.1. The number of halogens is 1. The number of carbonyl (C=O) groups excluding carboxylic acids is 1. The Labute approximate surface area is 252 Å². The number of nitrogens with zero attached hydrogens (tertiary/aromatic N) is 8. The lowest BCUT2D eigenvalue weighted by Gasteiger charge is -2.40. The van der Waals surface area contributed by atoms with Crippen LogP contribution in [0.25, 0.3) is 22.1 Å². The molecule has 2 unspecified atom stereocenters. The van der Waals surface area contributed by atoms with Crippen LogP contribution >= 0.6 is 0 Å². The molecular formula is C31H30FN9O3. The number of carbonyl (C=O) groups is 1. The predicted octanol–water partition coefficient (Wildman–Crippen LogP) is 4.66. The highest BCUT2D eigenvalue weighted by Gasteiger charge is 2.42. The van der Waals surface area contributed by atoms with E-state index in [-0.39, 0.29) is 18.0 Å². The third-order valence-corrected chi connectivity index (χ3v) is 8.28. The summed E-state index contributed by atoms with van der Waals surface area (Å²) in [6.45, 7) is 6.83. The summed E-state index contributed by atoms with van der Waals surface area (Å²) in [6, 6.07) is 6.84. The van der Waals surface area contributed by atoms with Gasteiger partial charge in [-0.15, -0.1) is 0 Å². The van der Waals surface area contributed by atoms with Crippen LogP contribution in [0.4, 0.5) is 21.8 Å². The fraction of sp³-hybridized carbons (Fsp3) is 0.290. The van der Waals surface area contributed by atoms with Crippen LogP contribution < -0.4 is 19.7 Å². The number of piperazine rings is 1. The van der Waals surface area contributed by atoms with Crippen molar-refractivity contribution in [2.75, 3.05) is 30.4 Å². The molecule has 0 aliphatic carbocycles. The summed E-state index contributed by atoms with van der Waals surface area (Å²) in [7, 11) is 3.30. The van der Waals surface area contributed by atoms with Crippen molar-refractivity contribution in [1.82, 2.24) is 34.4 Å². The molecule has 1 amide bonds. The van der Waals surface area contributed by atoms with Gasteiger partial charge in [-0.3, -0.25) is 4.79 Å². The summed E-state index contributed by atoms with van der Waals surface area (Å²) in [5, 5.41) is 3.35. The Morgan fingerprint density at radius 2 is 1.86 bits per heavy atom. The van der Waals surface area contributed by atoms with Gasteiger partial charge in [0.15, 0.2) is 11.6 Å². The van der Waals surface area contributed by atoms with E-state index in [1.54, 1.807) is 43.4 Å². The standard InChI is InChI=1S/C31H30FN9O3/c1-5-27(42)41-18-6-7-19(41)14-40(13-18)31-33-12-24-28(38-31)30(35-15-34-24)37-22-8-17(2)25(11-26(22)43-4)44-20-9-21(32)29-23(10-20)36-16-39(29)3/h5,8-12,15-16,18-19H,1,6-7,13-14H2,2-4H3,(H,34,35,37). The molecule has 2 atom stereocenters. The van der Waals surface area contributed by atoms with E-state index in [1.165, 1.54) is 18.5 Å². The molecule has 224 valence electrons. The molecule has 13 heteroatoms. The molecule has 1 N–H and O–H groups in total. The second kappa shape index (κ2) is 10.7. The van der Waals surface area contributed by atoms with Crippen LogP contribution in [-0.4, -0.2) is 72.6 Å². The molecule has 2 aliphatic heterocycles. The Balaban J connectivity index is 1.17. The van der Waals surface area contributed by atoms with Gasteiger partial charge in [0.25, 0.3) is 0 Å². The predicted molar refractivity (Wildman–Crippen MR) is 163 cm³/mol. The van der Waals surface area contributed by atoms with Crippen molar-refractivity contribution < 1.29 is 18.7 Å². The van der Waals surface area contributed by atoms with Crippen LogP contribution in [-0.2, 0) is 11.8 Å². The Bertz CT molecular complexity index is 1930. The van der Waals surface area contributed by atoms with Gasteiger partial charge in [0.05, 0.1) is 42.9 Å². The molecular weight excluding hydrogens is 565 g/mol. The van der Waals surface area contributed by atoms with E-state index in [9.17, 15) is 9.18 Å². The van der Waals surface area contributed by atoms with E-state index in [2.05, 4.69) is 36.7 Å². The van der Waals surface area contributed by atoms with Gasteiger partial charge >= 0.3 is 0 Å². The minimum absolute atomic E-state index is 0.0291. The quantitative estimate of drug-likeness (QED) is 0.266. The minimum Gasteiger partial charge on any atom is -0.494 e. The zero-order valence-corrected chi connectivity index (χ0v) is 24.5. The summed E-state index contributed by atoms with van der Waals surface area (Å²) in [4.78, 5) is 39.0. The third kappa shape index (κ3) is 4.70. The molecule has 2 saturated heterocycles. The number of aryl methyl sites for hydroxylation is 2. The number of imidazole rings is 1. The third-order valence-electron chi connectivity index (χ3n) is 8.28. The molecule has 2 aromatic carbocycles. The summed E-state index contributed by atoms with van der Waals surface area (Å²) in [6.07, 6.45) is 7.97. The van der Waals surface area contributed by atoms with E-state index in [4.69, 9.17) is 14.5 Å². The average Bonchev–Trinajstić information content (AvgIpc) is 3.53. The van der Waals surface area contributed by atoms with Gasteiger partial charge in [0.1, 0.15) is 40.1 Å². The van der Waals surface area contributed by atoms with Gasteiger partial charge in [-0.1, -0.05) is 6.58 Å². The minimum atomic E-state index is -0.419. The van der Waals surface area contributed by atoms with Crippen LogP contribution in [0, 0.1) is 12.7 Å². The number of amides is 1. The fourth-order valence-electron chi connectivity index (χ4n) is 6.19. The van der Waals surface area contributed by atoms with Crippen molar-refractivity contribution in [2.24, 2.45) is 7.05 Å². The lowest BCUT2D eigenvalue weighted by molar-refractivity contribution is -0.129. The number of hydrogen-bond acceptors (Lipinski definition) is 10. The van der Waals surface area contributed by atoms with Gasteiger partial charge < -0.3 is 29.2 Å². The van der Waals surface area contributed by atoms with Crippen molar-refractivity contribution in [3.8, 4) is 17.2 Å². The van der Waals surface area contributed by atoms with Crippen LogP contribution in [0.3, 0.4) is 0 Å². The maximum atomic E-state index is 14.8. The van der Waals surface area contributed by atoms with Crippen LogP contribution in [0.2, 0.25) is 0 Å². The van der Waals surface area contributed by atoms with Crippen LogP contribution in [0.15, 0.2) is 55.8 Å². The number of nitrogens with one attached hydrogen (secondary N) is 1. The highest BCUT2D eigenvalue weighted by Crippen LogP contribution is 2.38. The largest absolute Gasteiger partial charge is 0.494 e. The number of benzene rings is 2.